The van der Waals surface area contributed by atoms with E-state index in [4.69, 9.17) is 5.73 Å². The SMILES string of the molecule is CCCCCCC(=O)NCC(N)C(C)C. The van der Waals surface area contributed by atoms with E-state index >= 15 is 0 Å². The number of hydrogen-bond donors (Lipinski definition) is 2. The summed E-state index contributed by atoms with van der Waals surface area (Å²) in [7, 11) is 0. The van der Waals surface area contributed by atoms with Crippen LogP contribution in [0.15, 0.2) is 0 Å². The summed E-state index contributed by atoms with van der Waals surface area (Å²) < 4.78 is 0. The number of nitrogens with one attached hydrogen (secondary N) is 1. The molecule has 0 aliphatic carbocycles. The van der Waals surface area contributed by atoms with Crippen LogP contribution in [0, 0.1) is 5.92 Å². The maximum Gasteiger partial charge on any atom is 0.220 e. The van der Waals surface area contributed by atoms with Crippen LogP contribution >= 0.6 is 0 Å². The Morgan fingerprint density at radius 1 is 1.27 bits per heavy atom. The monoisotopic (exact) mass is 214 g/mol. The van der Waals surface area contributed by atoms with Crippen LogP contribution in [-0.4, -0.2) is 18.5 Å². The number of unbranched alkanes of at least 4 members (excludes halogenated alkanes) is 3. The molecule has 0 saturated carbocycles. The summed E-state index contributed by atoms with van der Waals surface area (Å²) in [6.45, 7) is 6.90. The van der Waals surface area contributed by atoms with E-state index in [9.17, 15) is 4.79 Å². The summed E-state index contributed by atoms with van der Waals surface area (Å²) >= 11 is 0. The van der Waals surface area contributed by atoms with Crippen molar-refractivity contribution < 1.29 is 4.79 Å². The number of amides is 1. The van der Waals surface area contributed by atoms with Crippen molar-refractivity contribution in [2.75, 3.05) is 6.54 Å². The molecule has 3 N–H and O–H groups in total. The van der Waals surface area contributed by atoms with Gasteiger partial charge in [0, 0.05) is 19.0 Å². The van der Waals surface area contributed by atoms with Crippen molar-refractivity contribution in [3.63, 3.8) is 0 Å². The van der Waals surface area contributed by atoms with Crippen LogP contribution in [-0.2, 0) is 4.79 Å². The fourth-order valence-corrected chi connectivity index (χ4v) is 1.27. The summed E-state index contributed by atoms with van der Waals surface area (Å²) in [6.07, 6.45) is 5.22. The van der Waals surface area contributed by atoms with Crippen LogP contribution in [0.3, 0.4) is 0 Å². The molecule has 0 aliphatic rings. The minimum Gasteiger partial charge on any atom is -0.355 e. The Labute approximate surface area is 93.8 Å². The van der Waals surface area contributed by atoms with Gasteiger partial charge < -0.3 is 11.1 Å². The molecular formula is C12H26N2O. The Morgan fingerprint density at radius 2 is 1.93 bits per heavy atom. The highest BCUT2D eigenvalue weighted by atomic mass is 16.1. The van der Waals surface area contributed by atoms with Gasteiger partial charge in [-0.2, -0.15) is 0 Å². The lowest BCUT2D eigenvalue weighted by Gasteiger charge is -2.16. The molecule has 90 valence electrons. The zero-order valence-corrected chi connectivity index (χ0v) is 10.4. The number of nitrogens with two attached hydrogens (primary N) is 1. The number of rotatable bonds is 8. The van der Waals surface area contributed by atoms with Gasteiger partial charge in [0.1, 0.15) is 0 Å². The second-order valence-electron chi connectivity index (χ2n) is 4.52. The summed E-state index contributed by atoms with van der Waals surface area (Å²) in [6, 6.07) is 0.0737. The molecule has 0 radical (unpaired) electrons. The van der Waals surface area contributed by atoms with E-state index in [2.05, 4.69) is 26.1 Å². The molecule has 15 heavy (non-hydrogen) atoms. The van der Waals surface area contributed by atoms with Crippen molar-refractivity contribution in [3.05, 3.63) is 0 Å². The van der Waals surface area contributed by atoms with Gasteiger partial charge in [0.25, 0.3) is 0 Å². The van der Waals surface area contributed by atoms with Crippen molar-refractivity contribution in [1.29, 1.82) is 0 Å². The summed E-state index contributed by atoms with van der Waals surface area (Å²) in [5.74, 6) is 0.563. The third-order valence-electron chi connectivity index (χ3n) is 2.65. The highest BCUT2D eigenvalue weighted by molar-refractivity contribution is 5.75. The Hall–Kier alpha value is -0.570. The Kier molecular flexibility index (Phi) is 8.38. The molecule has 0 aromatic carbocycles. The summed E-state index contributed by atoms with van der Waals surface area (Å²) in [5, 5.41) is 2.88. The van der Waals surface area contributed by atoms with Crippen LogP contribution in [0.4, 0.5) is 0 Å². The minimum atomic E-state index is 0.0737. The smallest absolute Gasteiger partial charge is 0.220 e. The number of hydrogen-bond acceptors (Lipinski definition) is 2. The Bertz CT molecular complexity index is 169. The van der Waals surface area contributed by atoms with Gasteiger partial charge in [-0.05, 0) is 12.3 Å². The van der Waals surface area contributed by atoms with Crippen molar-refractivity contribution in [3.8, 4) is 0 Å². The van der Waals surface area contributed by atoms with Gasteiger partial charge >= 0.3 is 0 Å². The fourth-order valence-electron chi connectivity index (χ4n) is 1.27. The normalized spacial score (nSPS) is 12.9. The lowest BCUT2D eigenvalue weighted by Crippen LogP contribution is -2.40. The first kappa shape index (κ1) is 14.4. The fraction of sp³-hybridized carbons (Fsp3) is 0.917. The standard InChI is InChI=1S/C12H26N2O/c1-4-5-6-7-8-12(15)14-9-11(13)10(2)3/h10-11H,4-9,13H2,1-3H3,(H,14,15). The second-order valence-corrected chi connectivity index (χ2v) is 4.52. The van der Waals surface area contributed by atoms with Gasteiger partial charge in [0.2, 0.25) is 5.91 Å². The molecular weight excluding hydrogens is 188 g/mol. The first-order chi connectivity index (χ1) is 7.07. The zero-order valence-electron chi connectivity index (χ0n) is 10.4. The lowest BCUT2D eigenvalue weighted by atomic mass is 10.1. The summed E-state index contributed by atoms with van der Waals surface area (Å²) in [4.78, 5) is 11.4. The molecule has 3 nitrogen and oxygen atoms in total. The first-order valence-electron chi connectivity index (χ1n) is 6.10. The molecule has 0 bridgehead atoms. The van der Waals surface area contributed by atoms with E-state index in [1.54, 1.807) is 0 Å². The Morgan fingerprint density at radius 3 is 2.47 bits per heavy atom. The van der Waals surface area contributed by atoms with Gasteiger partial charge in [-0.3, -0.25) is 4.79 Å². The molecule has 0 aliphatic heterocycles. The van der Waals surface area contributed by atoms with E-state index in [0.717, 1.165) is 12.8 Å². The average Bonchev–Trinajstić information content (AvgIpc) is 2.20. The zero-order chi connectivity index (χ0) is 11.7. The highest BCUT2D eigenvalue weighted by Gasteiger charge is 2.08. The third-order valence-corrected chi connectivity index (χ3v) is 2.65. The van der Waals surface area contributed by atoms with Gasteiger partial charge in [-0.15, -0.1) is 0 Å². The van der Waals surface area contributed by atoms with Crippen LogP contribution in [0.2, 0.25) is 0 Å². The number of carbonyl (C=O) groups is 1. The lowest BCUT2D eigenvalue weighted by molar-refractivity contribution is -0.121. The second kappa shape index (κ2) is 8.72. The molecule has 0 saturated heterocycles. The maximum atomic E-state index is 11.4. The molecule has 1 amide bonds. The van der Waals surface area contributed by atoms with E-state index < -0.39 is 0 Å². The molecule has 0 rings (SSSR count). The molecule has 0 aromatic rings. The largest absolute Gasteiger partial charge is 0.355 e. The molecule has 3 heteroatoms. The molecule has 0 spiro atoms. The van der Waals surface area contributed by atoms with Crippen LogP contribution in [0.25, 0.3) is 0 Å². The van der Waals surface area contributed by atoms with E-state index in [0.29, 0.717) is 18.9 Å². The van der Waals surface area contributed by atoms with Crippen LogP contribution < -0.4 is 11.1 Å². The van der Waals surface area contributed by atoms with Crippen molar-refractivity contribution in [1.82, 2.24) is 5.32 Å². The van der Waals surface area contributed by atoms with Gasteiger partial charge in [-0.1, -0.05) is 40.0 Å². The predicted octanol–water partition coefficient (Wildman–Crippen LogP) is 2.06. The molecule has 0 heterocycles. The van der Waals surface area contributed by atoms with Crippen LogP contribution in [0.1, 0.15) is 52.9 Å². The first-order valence-corrected chi connectivity index (χ1v) is 6.10. The topological polar surface area (TPSA) is 55.1 Å². The molecule has 1 unspecified atom stereocenters. The van der Waals surface area contributed by atoms with Crippen molar-refractivity contribution in [2.45, 2.75) is 58.9 Å². The van der Waals surface area contributed by atoms with Gasteiger partial charge in [-0.25, -0.2) is 0 Å². The van der Waals surface area contributed by atoms with Crippen molar-refractivity contribution in [2.24, 2.45) is 11.7 Å². The highest BCUT2D eigenvalue weighted by Crippen LogP contribution is 2.02. The summed E-state index contributed by atoms with van der Waals surface area (Å²) in [5.41, 5.74) is 5.83. The average molecular weight is 214 g/mol. The van der Waals surface area contributed by atoms with Gasteiger partial charge in [0.15, 0.2) is 0 Å². The van der Waals surface area contributed by atoms with Crippen molar-refractivity contribution >= 4 is 5.91 Å². The quantitative estimate of drug-likeness (QED) is 0.608. The maximum absolute atomic E-state index is 11.4. The van der Waals surface area contributed by atoms with Gasteiger partial charge in [0.05, 0.1) is 0 Å². The molecule has 0 aromatic heterocycles. The molecule has 1 atom stereocenters. The van der Waals surface area contributed by atoms with E-state index in [1.807, 2.05) is 0 Å². The van der Waals surface area contributed by atoms with Crippen LogP contribution in [0.5, 0.6) is 0 Å². The minimum absolute atomic E-state index is 0.0737. The number of carbonyl (C=O) groups excluding carboxylic acids is 1. The Balaban J connectivity index is 3.41. The van der Waals surface area contributed by atoms with E-state index in [1.165, 1.54) is 12.8 Å². The predicted molar refractivity (Wildman–Crippen MR) is 64.6 cm³/mol. The molecule has 0 fully saturated rings. The van der Waals surface area contributed by atoms with E-state index in [-0.39, 0.29) is 11.9 Å². The third kappa shape index (κ3) is 8.43.